The number of carbonyl (C=O) groups is 1. The summed E-state index contributed by atoms with van der Waals surface area (Å²) in [4.78, 5) is 15.0. The van der Waals surface area contributed by atoms with Crippen LogP contribution in [0.1, 0.15) is 11.3 Å². The summed E-state index contributed by atoms with van der Waals surface area (Å²) >= 11 is 0. The van der Waals surface area contributed by atoms with Gasteiger partial charge in [-0.1, -0.05) is 0 Å². The monoisotopic (exact) mass is 333 g/mol. The molecular formula is C17H20FN3O3. The molecule has 1 unspecified atom stereocenters. The molecule has 0 saturated carbocycles. The molecule has 128 valence electrons. The van der Waals surface area contributed by atoms with Gasteiger partial charge in [0.2, 0.25) is 6.41 Å². The second-order valence-electron chi connectivity index (χ2n) is 5.45. The van der Waals surface area contributed by atoms with Gasteiger partial charge in [-0.2, -0.15) is 0 Å². The zero-order valence-electron chi connectivity index (χ0n) is 13.5. The van der Waals surface area contributed by atoms with Crippen LogP contribution in [0.2, 0.25) is 0 Å². The third-order valence-electron chi connectivity index (χ3n) is 3.80. The molecule has 6 nitrogen and oxygen atoms in total. The van der Waals surface area contributed by atoms with Gasteiger partial charge in [-0.25, -0.2) is 9.37 Å². The number of aryl methyl sites for hydroxylation is 1. The fraction of sp³-hybridized carbons (Fsp3) is 0.294. The van der Waals surface area contributed by atoms with E-state index in [0.29, 0.717) is 29.0 Å². The highest BCUT2D eigenvalue weighted by Gasteiger charge is 2.30. The van der Waals surface area contributed by atoms with Crippen LogP contribution < -0.4 is 15.8 Å². The summed E-state index contributed by atoms with van der Waals surface area (Å²) in [6, 6.07) is 7.81. The van der Waals surface area contributed by atoms with Gasteiger partial charge >= 0.3 is 0 Å². The van der Waals surface area contributed by atoms with Gasteiger partial charge in [-0.05, 0) is 42.8 Å². The molecule has 24 heavy (non-hydrogen) atoms. The number of benzene rings is 1. The molecule has 0 spiro atoms. The third-order valence-corrected chi connectivity index (χ3v) is 3.80. The highest BCUT2D eigenvalue weighted by molar-refractivity contribution is 5.67. The number of pyridine rings is 1. The normalized spacial score (nSPS) is 13.2. The van der Waals surface area contributed by atoms with Gasteiger partial charge in [-0.3, -0.25) is 4.79 Å². The second kappa shape index (κ2) is 7.37. The Balaban J connectivity index is 2.54. The van der Waals surface area contributed by atoms with E-state index in [9.17, 15) is 14.3 Å². The maximum Gasteiger partial charge on any atom is 0.207 e. The highest BCUT2D eigenvalue weighted by atomic mass is 19.1. The van der Waals surface area contributed by atoms with Crippen LogP contribution >= 0.6 is 0 Å². The van der Waals surface area contributed by atoms with Crippen molar-refractivity contribution < 1.29 is 19.0 Å². The standard InChI is InChI=1S/C17H20FN3O3/c1-11-7-12(3-4-13(11)18)16-14(24-2)5-6-15(21-16)17(23,8-19)9-20-10-22/h3-7,10,23H,8-9,19H2,1-2H3,(H,20,22). The van der Waals surface area contributed by atoms with Crippen molar-refractivity contribution in [3.05, 3.63) is 47.4 Å². The molecule has 1 aromatic heterocycles. The lowest BCUT2D eigenvalue weighted by Gasteiger charge is -2.26. The van der Waals surface area contributed by atoms with Gasteiger partial charge in [0.15, 0.2) is 0 Å². The van der Waals surface area contributed by atoms with Crippen LogP contribution in [-0.2, 0) is 10.4 Å². The van der Waals surface area contributed by atoms with Crippen molar-refractivity contribution in [3.8, 4) is 17.0 Å². The van der Waals surface area contributed by atoms with Gasteiger partial charge in [0.25, 0.3) is 0 Å². The average molecular weight is 333 g/mol. The predicted molar refractivity (Wildman–Crippen MR) is 87.9 cm³/mol. The highest BCUT2D eigenvalue weighted by Crippen LogP contribution is 2.31. The number of nitrogens with one attached hydrogen (secondary N) is 1. The number of aliphatic hydroxyl groups is 1. The van der Waals surface area contributed by atoms with Crippen LogP contribution in [0.25, 0.3) is 11.3 Å². The first kappa shape index (κ1) is 17.8. The minimum atomic E-state index is -1.52. The van der Waals surface area contributed by atoms with Gasteiger partial charge in [-0.15, -0.1) is 0 Å². The van der Waals surface area contributed by atoms with Crippen molar-refractivity contribution in [2.75, 3.05) is 20.2 Å². The van der Waals surface area contributed by atoms with Crippen LogP contribution in [0, 0.1) is 12.7 Å². The third kappa shape index (κ3) is 3.52. The lowest BCUT2D eigenvalue weighted by atomic mass is 9.97. The number of methoxy groups -OCH3 is 1. The molecule has 2 aromatic rings. The summed E-state index contributed by atoms with van der Waals surface area (Å²) in [5.41, 5.74) is 6.00. The quantitative estimate of drug-likeness (QED) is 0.659. The van der Waals surface area contributed by atoms with Crippen LogP contribution in [-0.4, -0.2) is 36.7 Å². The number of ether oxygens (including phenoxy) is 1. The summed E-state index contributed by atoms with van der Waals surface area (Å²) in [6.07, 6.45) is 0.481. The molecule has 0 fully saturated rings. The first-order valence-corrected chi connectivity index (χ1v) is 7.36. The number of rotatable bonds is 7. The molecule has 1 heterocycles. The van der Waals surface area contributed by atoms with Crippen molar-refractivity contribution in [2.24, 2.45) is 5.73 Å². The largest absolute Gasteiger partial charge is 0.494 e. The number of hydrogen-bond donors (Lipinski definition) is 3. The maximum atomic E-state index is 13.5. The summed E-state index contributed by atoms with van der Waals surface area (Å²) in [5, 5.41) is 13.1. The summed E-state index contributed by atoms with van der Waals surface area (Å²) in [6.45, 7) is 1.45. The molecule has 2 rings (SSSR count). The Kier molecular flexibility index (Phi) is 5.48. The van der Waals surface area contributed by atoms with E-state index >= 15 is 0 Å². The molecule has 0 aliphatic carbocycles. The lowest BCUT2D eigenvalue weighted by molar-refractivity contribution is -0.110. The SMILES string of the molecule is COc1ccc(C(O)(CN)CNC=O)nc1-c1ccc(F)c(C)c1. The van der Waals surface area contributed by atoms with E-state index in [1.54, 1.807) is 31.2 Å². The fourth-order valence-electron chi connectivity index (χ4n) is 2.35. The van der Waals surface area contributed by atoms with E-state index in [2.05, 4.69) is 10.3 Å². The number of aromatic nitrogens is 1. The molecule has 1 amide bonds. The maximum absolute atomic E-state index is 13.5. The zero-order chi connectivity index (χ0) is 17.7. The van der Waals surface area contributed by atoms with Crippen LogP contribution in [0.5, 0.6) is 5.75 Å². The molecule has 0 aliphatic rings. The molecule has 0 radical (unpaired) electrons. The van der Waals surface area contributed by atoms with Crippen LogP contribution in [0.3, 0.4) is 0 Å². The first-order valence-electron chi connectivity index (χ1n) is 7.36. The van der Waals surface area contributed by atoms with Crippen LogP contribution in [0.15, 0.2) is 30.3 Å². The summed E-state index contributed by atoms with van der Waals surface area (Å²) in [5.74, 6) is 0.162. The van der Waals surface area contributed by atoms with E-state index in [0.717, 1.165) is 0 Å². The van der Waals surface area contributed by atoms with E-state index in [1.807, 2.05) is 0 Å². The van der Waals surface area contributed by atoms with Gasteiger partial charge in [0.05, 0.1) is 19.3 Å². The number of hydrogen-bond acceptors (Lipinski definition) is 5. The van der Waals surface area contributed by atoms with Gasteiger partial charge in [0.1, 0.15) is 22.9 Å². The summed E-state index contributed by atoms with van der Waals surface area (Å²) in [7, 11) is 1.50. The Bertz CT molecular complexity index is 739. The van der Waals surface area contributed by atoms with Gasteiger partial charge < -0.3 is 20.9 Å². The fourth-order valence-corrected chi connectivity index (χ4v) is 2.35. The molecule has 4 N–H and O–H groups in total. The van der Waals surface area contributed by atoms with E-state index in [-0.39, 0.29) is 24.6 Å². The molecule has 1 aromatic carbocycles. The number of halogens is 1. The number of nitrogens with zero attached hydrogens (tertiary/aromatic N) is 1. The van der Waals surface area contributed by atoms with Crippen molar-refractivity contribution in [1.82, 2.24) is 10.3 Å². The van der Waals surface area contributed by atoms with E-state index in [1.165, 1.54) is 13.2 Å². The number of amides is 1. The molecule has 7 heteroatoms. The lowest BCUT2D eigenvalue weighted by Crippen LogP contribution is -2.44. The van der Waals surface area contributed by atoms with Gasteiger partial charge in [0, 0.05) is 12.1 Å². The Labute approximate surface area is 139 Å². The number of carbonyl (C=O) groups excluding carboxylic acids is 1. The van der Waals surface area contributed by atoms with Crippen molar-refractivity contribution in [3.63, 3.8) is 0 Å². The average Bonchev–Trinajstić information content (AvgIpc) is 2.61. The van der Waals surface area contributed by atoms with Crippen LogP contribution in [0.4, 0.5) is 4.39 Å². The number of nitrogens with two attached hydrogens (primary N) is 1. The van der Waals surface area contributed by atoms with Crippen molar-refractivity contribution in [1.29, 1.82) is 0 Å². The van der Waals surface area contributed by atoms with E-state index in [4.69, 9.17) is 10.5 Å². The molecule has 0 aliphatic heterocycles. The topological polar surface area (TPSA) is 97.5 Å². The minimum Gasteiger partial charge on any atom is -0.494 e. The predicted octanol–water partition coefficient (Wildman–Crippen LogP) is 1.10. The minimum absolute atomic E-state index is 0.0752. The molecule has 0 saturated heterocycles. The Hall–Kier alpha value is -2.51. The van der Waals surface area contributed by atoms with E-state index < -0.39 is 5.60 Å². The molecule has 1 atom stereocenters. The zero-order valence-corrected chi connectivity index (χ0v) is 13.5. The molecular weight excluding hydrogens is 313 g/mol. The Morgan fingerprint density at radius 3 is 2.75 bits per heavy atom. The summed E-state index contributed by atoms with van der Waals surface area (Å²) < 4.78 is 18.8. The first-order chi connectivity index (χ1) is 11.4. The second-order valence-corrected chi connectivity index (χ2v) is 5.45. The smallest absolute Gasteiger partial charge is 0.207 e. The van der Waals surface area contributed by atoms with Crippen molar-refractivity contribution in [2.45, 2.75) is 12.5 Å². The van der Waals surface area contributed by atoms with Crippen molar-refractivity contribution >= 4 is 6.41 Å². The Morgan fingerprint density at radius 2 is 2.17 bits per heavy atom. The Morgan fingerprint density at radius 1 is 1.42 bits per heavy atom. The molecule has 0 bridgehead atoms.